The summed E-state index contributed by atoms with van der Waals surface area (Å²) in [6.45, 7) is 2.07. The van der Waals surface area contributed by atoms with Gasteiger partial charge in [-0.05, 0) is 59.3 Å². The van der Waals surface area contributed by atoms with E-state index in [0.717, 1.165) is 22.0 Å². The second kappa shape index (κ2) is 9.10. The summed E-state index contributed by atoms with van der Waals surface area (Å²) >= 11 is 3.44. The first-order valence-electron chi connectivity index (χ1n) is 9.76. The fourth-order valence-electron chi connectivity index (χ4n) is 3.13. The smallest absolute Gasteiger partial charge is 0.339 e. The van der Waals surface area contributed by atoms with Crippen molar-refractivity contribution in [2.24, 2.45) is 0 Å². The Morgan fingerprint density at radius 2 is 1.69 bits per heavy atom. The van der Waals surface area contributed by atoms with Crippen molar-refractivity contribution >= 4 is 42.9 Å². The number of carbonyl (C=O) groups excluding carboxylic acids is 1. The molecule has 4 rings (SSSR count). The van der Waals surface area contributed by atoms with Crippen LogP contribution in [0.25, 0.3) is 10.9 Å². The molecule has 32 heavy (non-hydrogen) atoms. The lowest BCUT2D eigenvalue weighted by atomic mass is 10.1. The van der Waals surface area contributed by atoms with E-state index in [-0.39, 0.29) is 22.8 Å². The highest BCUT2D eigenvalue weighted by Gasteiger charge is 2.21. The molecule has 1 amide bonds. The number of nitrogens with zero attached hydrogens (tertiary/aromatic N) is 1. The van der Waals surface area contributed by atoms with Crippen LogP contribution in [0.15, 0.2) is 88.4 Å². The lowest BCUT2D eigenvalue weighted by Crippen LogP contribution is -2.24. The molecule has 0 fully saturated rings. The molecule has 3 aromatic carbocycles. The van der Waals surface area contributed by atoms with Gasteiger partial charge >= 0.3 is 10.1 Å². The van der Waals surface area contributed by atoms with Crippen molar-refractivity contribution in [2.45, 2.75) is 18.4 Å². The number of pyridine rings is 1. The number of fused-ring (bicyclic) bond motifs is 1. The van der Waals surface area contributed by atoms with E-state index in [1.165, 1.54) is 24.3 Å². The maximum Gasteiger partial charge on any atom is 0.339 e. The van der Waals surface area contributed by atoms with Crippen LogP contribution in [0, 0.1) is 6.92 Å². The molecule has 8 heteroatoms. The Balaban J connectivity index is 1.54. The molecule has 0 unspecified atom stereocenters. The standard InChI is InChI=1S/C24H19BrN2O4S/c1-16-10-12-19(13-11-16)32(29,30)31-22-9-5-3-7-20(22)24(28)26-15-18-14-17-6-2-4-8-21(17)27-23(18)25/h2-14H,15H2,1H3,(H,26,28). The zero-order chi connectivity index (χ0) is 22.7. The van der Waals surface area contributed by atoms with Gasteiger partial charge in [0, 0.05) is 17.5 Å². The molecule has 1 aromatic heterocycles. The molecule has 0 aliphatic heterocycles. The quantitative estimate of drug-likeness (QED) is 0.291. The summed E-state index contributed by atoms with van der Waals surface area (Å²) in [5.41, 5.74) is 2.68. The SMILES string of the molecule is Cc1ccc(S(=O)(=O)Oc2ccccc2C(=O)NCc2cc3ccccc3nc2Br)cc1. The van der Waals surface area contributed by atoms with Crippen molar-refractivity contribution < 1.29 is 17.4 Å². The highest BCUT2D eigenvalue weighted by molar-refractivity contribution is 9.10. The van der Waals surface area contributed by atoms with Crippen molar-refractivity contribution in [1.29, 1.82) is 0 Å². The van der Waals surface area contributed by atoms with E-state index in [1.54, 1.807) is 24.3 Å². The Labute approximate surface area is 194 Å². The van der Waals surface area contributed by atoms with E-state index in [0.29, 0.717) is 4.60 Å². The Kier molecular flexibility index (Phi) is 6.25. The van der Waals surface area contributed by atoms with Gasteiger partial charge in [-0.25, -0.2) is 4.98 Å². The van der Waals surface area contributed by atoms with Gasteiger partial charge in [0.25, 0.3) is 5.91 Å². The van der Waals surface area contributed by atoms with Crippen LogP contribution in [0.2, 0.25) is 0 Å². The predicted molar refractivity (Wildman–Crippen MR) is 126 cm³/mol. The number of aryl methyl sites for hydroxylation is 1. The van der Waals surface area contributed by atoms with Crippen molar-refractivity contribution in [1.82, 2.24) is 10.3 Å². The number of rotatable bonds is 6. The number of carbonyl (C=O) groups is 1. The van der Waals surface area contributed by atoms with E-state index in [4.69, 9.17) is 4.18 Å². The molecular weight excluding hydrogens is 492 g/mol. The maximum absolute atomic E-state index is 12.9. The highest BCUT2D eigenvalue weighted by Crippen LogP contribution is 2.24. The maximum atomic E-state index is 12.9. The van der Waals surface area contributed by atoms with Crippen LogP contribution in [0.3, 0.4) is 0 Å². The number of nitrogens with one attached hydrogen (secondary N) is 1. The number of amides is 1. The monoisotopic (exact) mass is 510 g/mol. The van der Waals surface area contributed by atoms with Gasteiger partial charge in [0.2, 0.25) is 0 Å². The van der Waals surface area contributed by atoms with Crippen molar-refractivity contribution in [3.8, 4) is 5.75 Å². The number of hydrogen-bond acceptors (Lipinski definition) is 5. The summed E-state index contributed by atoms with van der Waals surface area (Å²) in [4.78, 5) is 17.4. The molecule has 0 aliphatic carbocycles. The second-order valence-electron chi connectivity index (χ2n) is 7.16. The summed E-state index contributed by atoms with van der Waals surface area (Å²) < 4.78 is 31.3. The Bertz CT molecular complexity index is 1400. The summed E-state index contributed by atoms with van der Waals surface area (Å²) in [7, 11) is -4.08. The first-order valence-corrected chi connectivity index (χ1v) is 12.0. The molecule has 0 bridgehead atoms. The number of aromatic nitrogens is 1. The van der Waals surface area contributed by atoms with E-state index < -0.39 is 16.0 Å². The molecule has 162 valence electrons. The topological polar surface area (TPSA) is 85.4 Å². The van der Waals surface area contributed by atoms with Gasteiger partial charge < -0.3 is 9.50 Å². The van der Waals surface area contributed by atoms with Crippen LogP contribution in [-0.2, 0) is 16.7 Å². The molecule has 0 spiro atoms. The van der Waals surface area contributed by atoms with E-state index in [2.05, 4.69) is 26.2 Å². The van der Waals surface area contributed by atoms with E-state index >= 15 is 0 Å². The zero-order valence-electron chi connectivity index (χ0n) is 17.1. The van der Waals surface area contributed by atoms with Crippen molar-refractivity contribution in [2.75, 3.05) is 0 Å². The third-order valence-electron chi connectivity index (χ3n) is 4.83. The zero-order valence-corrected chi connectivity index (χ0v) is 19.5. The molecule has 1 N–H and O–H groups in total. The first kappa shape index (κ1) is 22.0. The second-order valence-corrected chi connectivity index (χ2v) is 9.46. The van der Waals surface area contributed by atoms with Crippen LogP contribution in [-0.4, -0.2) is 19.3 Å². The number of hydrogen-bond donors (Lipinski definition) is 1. The van der Waals surface area contributed by atoms with Gasteiger partial charge in [-0.3, -0.25) is 4.79 Å². The molecule has 0 radical (unpaired) electrons. The number of halogens is 1. The van der Waals surface area contributed by atoms with Crippen LogP contribution in [0.1, 0.15) is 21.5 Å². The van der Waals surface area contributed by atoms with Crippen molar-refractivity contribution in [3.63, 3.8) is 0 Å². The van der Waals surface area contributed by atoms with Crippen molar-refractivity contribution in [3.05, 3.63) is 100 Å². The third kappa shape index (κ3) is 4.81. The summed E-state index contributed by atoms with van der Waals surface area (Å²) in [6.07, 6.45) is 0. The number of para-hydroxylation sites is 2. The molecule has 0 atom stereocenters. The van der Waals surface area contributed by atoms with E-state index in [1.807, 2.05) is 37.3 Å². The third-order valence-corrected chi connectivity index (χ3v) is 6.77. The Morgan fingerprint density at radius 1 is 1.00 bits per heavy atom. The Hall–Kier alpha value is -3.23. The summed E-state index contributed by atoms with van der Waals surface area (Å²) in [5.74, 6) is -0.499. The fourth-order valence-corrected chi connectivity index (χ4v) is 4.52. The highest BCUT2D eigenvalue weighted by atomic mass is 79.9. The van der Waals surface area contributed by atoms with Gasteiger partial charge in [0.05, 0.1) is 11.1 Å². The molecule has 6 nitrogen and oxygen atoms in total. The largest absolute Gasteiger partial charge is 0.378 e. The minimum atomic E-state index is -4.08. The first-order chi connectivity index (χ1) is 15.3. The normalized spacial score (nSPS) is 11.3. The van der Waals surface area contributed by atoms with Gasteiger partial charge in [-0.1, -0.05) is 48.0 Å². The molecule has 0 aliphatic rings. The van der Waals surface area contributed by atoms with Crippen LogP contribution < -0.4 is 9.50 Å². The van der Waals surface area contributed by atoms with E-state index in [9.17, 15) is 13.2 Å². The average molecular weight is 511 g/mol. The van der Waals surface area contributed by atoms with Crippen LogP contribution >= 0.6 is 15.9 Å². The summed E-state index contributed by atoms with van der Waals surface area (Å²) in [6, 6.07) is 22.2. The minimum absolute atomic E-state index is 0.0180. The minimum Gasteiger partial charge on any atom is -0.378 e. The molecule has 1 heterocycles. The Morgan fingerprint density at radius 3 is 2.47 bits per heavy atom. The average Bonchev–Trinajstić information content (AvgIpc) is 2.78. The molecule has 0 saturated heterocycles. The molecule has 4 aromatic rings. The number of benzene rings is 3. The fraction of sp³-hybridized carbons (Fsp3) is 0.0833. The van der Waals surface area contributed by atoms with Gasteiger partial charge in [-0.2, -0.15) is 8.42 Å². The molecule has 0 saturated carbocycles. The van der Waals surface area contributed by atoms with Gasteiger partial charge in [-0.15, -0.1) is 0 Å². The molecular formula is C24H19BrN2O4S. The van der Waals surface area contributed by atoms with Gasteiger partial charge in [0.15, 0.2) is 5.75 Å². The summed E-state index contributed by atoms with van der Waals surface area (Å²) in [5, 5.41) is 3.76. The van der Waals surface area contributed by atoms with Gasteiger partial charge in [0.1, 0.15) is 9.50 Å². The van der Waals surface area contributed by atoms with Crippen LogP contribution in [0.4, 0.5) is 0 Å². The van der Waals surface area contributed by atoms with Crippen LogP contribution in [0.5, 0.6) is 5.75 Å². The predicted octanol–water partition coefficient (Wildman–Crippen LogP) is 5.00. The lowest BCUT2D eigenvalue weighted by molar-refractivity contribution is 0.0949. The lowest BCUT2D eigenvalue weighted by Gasteiger charge is -2.12.